The highest BCUT2D eigenvalue weighted by Crippen LogP contribution is 2.21. The number of hydrogen-bond acceptors (Lipinski definition) is 7. The first-order chi connectivity index (χ1) is 14.5. The van der Waals surface area contributed by atoms with E-state index in [9.17, 15) is 9.59 Å². The summed E-state index contributed by atoms with van der Waals surface area (Å²) < 4.78 is 11.8. The van der Waals surface area contributed by atoms with Crippen molar-refractivity contribution in [3.63, 3.8) is 0 Å². The molecule has 0 aliphatic rings. The summed E-state index contributed by atoms with van der Waals surface area (Å²) >= 11 is 0. The van der Waals surface area contributed by atoms with Crippen molar-refractivity contribution in [2.45, 2.75) is 26.8 Å². The summed E-state index contributed by atoms with van der Waals surface area (Å²) in [7, 11) is 0. The zero-order valence-electron chi connectivity index (χ0n) is 17.0. The lowest BCUT2D eigenvalue weighted by Gasteiger charge is -2.17. The third-order valence-corrected chi connectivity index (χ3v) is 4.48. The standard InChI is InChI=1S/C21H23N5O4/c1-14(2)15(3)22-19(27)13-30-21(28)18(12-17-10-7-11-29-17)26-20(23-24-25-26)16-8-5-4-6-9-16/h4-12,14-15H,13H2,1-3H3,(H,22,27)/b18-12-/t15-/m0/s1. The highest BCUT2D eigenvalue weighted by Gasteiger charge is 2.22. The van der Waals surface area contributed by atoms with Crippen LogP contribution in [0.1, 0.15) is 26.5 Å². The molecule has 1 atom stereocenters. The minimum Gasteiger partial charge on any atom is -0.465 e. The van der Waals surface area contributed by atoms with Crippen molar-refractivity contribution < 1.29 is 18.7 Å². The van der Waals surface area contributed by atoms with Crippen molar-refractivity contribution in [2.24, 2.45) is 5.92 Å². The zero-order chi connectivity index (χ0) is 21.5. The number of ether oxygens (including phenoxy) is 1. The van der Waals surface area contributed by atoms with Crippen LogP contribution in [0, 0.1) is 5.92 Å². The van der Waals surface area contributed by atoms with Crippen molar-refractivity contribution in [3.05, 3.63) is 54.5 Å². The number of carbonyl (C=O) groups is 2. The summed E-state index contributed by atoms with van der Waals surface area (Å²) in [5, 5.41) is 14.4. The second kappa shape index (κ2) is 9.64. The number of rotatable bonds is 8. The Morgan fingerprint density at radius 3 is 2.60 bits per heavy atom. The van der Waals surface area contributed by atoms with E-state index in [0.29, 0.717) is 17.1 Å². The predicted octanol–water partition coefficient (Wildman–Crippen LogP) is 2.64. The first-order valence-corrected chi connectivity index (χ1v) is 9.51. The molecular weight excluding hydrogens is 386 g/mol. The fourth-order valence-electron chi connectivity index (χ4n) is 2.50. The molecule has 1 aromatic carbocycles. The molecule has 0 fully saturated rings. The first-order valence-electron chi connectivity index (χ1n) is 9.51. The van der Waals surface area contributed by atoms with Gasteiger partial charge in [0.2, 0.25) is 0 Å². The normalized spacial score (nSPS) is 12.6. The van der Waals surface area contributed by atoms with Crippen molar-refractivity contribution >= 4 is 23.6 Å². The van der Waals surface area contributed by atoms with E-state index in [1.807, 2.05) is 51.1 Å². The molecule has 3 aromatic rings. The lowest BCUT2D eigenvalue weighted by molar-refractivity contribution is -0.143. The maximum absolute atomic E-state index is 12.8. The molecule has 1 N–H and O–H groups in total. The molecule has 9 heteroatoms. The van der Waals surface area contributed by atoms with E-state index in [0.717, 1.165) is 0 Å². The number of amides is 1. The number of hydrogen-bond donors (Lipinski definition) is 1. The van der Waals surface area contributed by atoms with Crippen molar-refractivity contribution in [2.75, 3.05) is 6.61 Å². The Labute approximate surface area is 173 Å². The van der Waals surface area contributed by atoms with Gasteiger partial charge in [0.15, 0.2) is 18.1 Å². The fourth-order valence-corrected chi connectivity index (χ4v) is 2.50. The van der Waals surface area contributed by atoms with Crippen LogP contribution in [0.15, 0.2) is 53.1 Å². The van der Waals surface area contributed by atoms with Crippen LogP contribution in [0.4, 0.5) is 0 Å². The second-order valence-corrected chi connectivity index (χ2v) is 7.00. The molecule has 1 amide bonds. The summed E-state index contributed by atoms with van der Waals surface area (Å²) in [6.07, 6.45) is 2.94. The topological polar surface area (TPSA) is 112 Å². The Balaban J connectivity index is 1.84. The molecule has 0 unspecified atom stereocenters. The number of aromatic nitrogens is 4. The van der Waals surface area contributed by atoms with Gasteiger partial charge in [0.25, 0.3) is 5.91 Å². The second-order valence-electron chi connectivity index (χ2n) is 7.00. The van der Waals surface area contributed by atoms with Gasteiger partial charge in [-0.25, -0.2) is 4.79 Å². The summed E-state index contributed by atoms with van der Waals surface area (Å²) in [6.45, 7) is 5.45. The average Bonchev–Trinajstić information content (AvgIpc) is 3.42. The van der Waals surface area contributed by atoms with Crippen LogP contribution >= 0.6 is 0 Å². The molecule has 156 valence electrons. The van der Waals surface area contributed by atoms with Crippen LogP contribution in [-0.2, 0) is 14.3 Å². The van der Waals surface area contributed by atoms with Crippen LogP contribution < -0.4 is 5.32 Å². The molecule has 2 aromatic heterocycles. The first kappa shape index (κ1) is 21.0. The van der Waals surface area contributed by atoms with Gasteiger partial charge in [-0.15, -0.1) is 5.10 Å². The maximum atomic E-state index is 12.8. The fraction of sp³-hybridized carbons (Fsp3) is 0.286. The molecule has 0 saturated heterocycles. The Morgan fingerprint density at radius 1 is 1.17 bits per heavy atom. The summed E-state index contributed by atoms with van der Waals surface area (Å²) in [6, 6.07) is 12.5. The van der Waals surface area contributed by atoms with E-state index >= 15 is 0 Å². The van der Waals surface area contributed by atoms with Crippen LogP contribution in [-0.4, -0.2) is 44.7 Å². The molecule has 30 heavy (non-hydrogen) atoms. The Hall–Kier alpha value is -3.75. The average molecular weight is 409 g/mol. The van der Waals surface area contributed by atoms with Crippen LogP contribution in [0.3, 0.4) is 0 Å². The number of benzene rings is 1. The van der Waals surface area contributed by atoms with Gasteiger partial charge in [0.1, 0.15) is 5.76 Å². The van der Waals surface area contributed by atoms with Crippen LogP contribution in [0.2, 0.25) is 0 Å². The number of esters is 1. The predicted molar refractivity (Wildman–Crippen MR) is 110 cm³/mol. The van der Waals surface area contributed by atoms with Crippen LogP contribution in [0.5, 0.6) is 0 Å². The number of furan rings is 1. The zero-order valence-corrected chi connectivity index (χ0v) is 17.0. The van der Waals surface area contributed by atoms with E-state index < -0.39 is 12.6 Å². The Bertz CT molecular complexity index is 1010. The van der Waals surface area contributed by atoms with Crippen LogP contribution in [0.25, 0.3) is 23.2 Å². The SMILES string of the molecule is CC(C)[C@H](C)NC(=O)COC(=O)/C(=C/c1ccco1)n1nnnc1-c1ccccc1. The minimum atomic E-state index is -0.761. The van der Waals surface area contributed by atoms with E-state index in [-0.39, 0.29) is 23.6 Å². The quantitative estimate of drug-likeness (QED) is 0.449. The van der Waals surface area contributed by atoms with Gasteiger partial charge in [0, 0.05) is 17.7 Å². The van der Waals surface area contributed by atoms with Crippen molar-refractivity contribution in [1.82, 2.24) is 25.5 Å². The molecule has 2 heterocycles. The Kier molecular flexibility index (Phi) is 6.74. The summed E-state index contributed by atoms with van der Waals surface area (Å²) in [4.78, 5) is 25.0. The lowest BCUT2D eigenvalue weighted by Crippen LogP contribution is -2.38. The van der Waals surface area contributed by atoms with E-state index in [4.69, 9.17) is 9.15 Å². The van der Waals surface area contributed by atoms with Gasteiger partial charge in [-0.3, -0.25) is 4.79 Å². The highest BCUT2D eigenvalue weighted by molar-refractivity contribution is 6.15. The summed E-state index contributed by atoms with van der Waals surface area (Å²) in [5.74, 6) is -0.128. The molecule has 0 bridgehead atoms. The van der Waals surface area contributed by atoms with E-state index in [2.05, 4.69) is 20.8 Å². The third kappa shape index (κ3) is 5.19. The molecule has 9 nitrogen and oxygen atoms in total. The number of tetrazole rings is 1. The van der Waals surface area contributed by atoms with Gasteiger partial charge in [-0.2, -0.15) is 4.68 Å². The molecule has 0 aliphatic heterocycles. The van der Waals surface area contributed by atoms with Gasteiger partial charge in [0.05, 0.1) is 6.26 Å². The minimum absolute atomic E-state index is 0.0125. The number of nitrogens with one attached hydrogen (secondary N) is 1. The molecule has 0 spiro atoms. The lowest BCUT2D eigenvalue weighted by atomic mass is 10.1. The number of nitrogens with zero attached hydrogens (tertiary/aromatic N) is 4. The molecule has 0 aliphatic carbocycles. The van der Waals surface area contributed by atoms with Gasteiger partial charge >= 0.3 is 5.97 Å². The molecule has 0 saturated carbocycles. The monoisotopic (exact) mass is 409 g/mol. The molecule has 0 radical (unpaired) electrons. The van der Waals surface area contributed by atoms with Crippen molar-refractivity contribution in [1.29, 1.82) is 0 Å². The molecular formula is C21H23N5O4. The Morgan fingerprint density at radius 2 is 1.93 bits per heavy atom. The molecule has 3 rings (SSSR count). The summed E-state index contributed by atoms with van der Waals surface area (Å²) in [5.41, 5.74) is 0.725. The smallest absolute Gasteiger partial charge is 0.357 e. The largest absolute Gasteiger partial charge is 0.465 e. The van der Waals surface area contributed by atoms with Gasteiger partial charge in [-0.05, 0) is 35.4 Å². The van der Waals surface area contributed by atoms with E-state index in [1.54, 1.807) is 12.1 Å². The van der Waals surface area contributed by atoms with Gasteiger partial charge < -0.3 is 14.5 Å². The third-order valence-electron chi connectivity index (χ3n) is 4.48. The highest BCUT2D eigenvalue weighted by atomic mass is 16.5. The number of carbonyl (C=O) groups excluding carboxylic acids is 2. The van der Waals surface area contributed by atoms with Gasteiger partial charge in [-0.1, -0.05) is 44.2 Å². The maximum Gasteiger partial charge on any atom is 0.357 e. The van der Waals surface area contributed by atoms with E-state index in [1.165, 1.54) is 17.0 Å². The van der Waals surface area contributed by atoms with Crippen molar-refractivity contribution in [3.8, 4) is 11.4 Å².